The number of amides is 1. The first-order valence-electron chi connectivity index (χ1n) is 6.53. The molecule has 1 fully saturated rings. The fraction of sp³-hybridized carbons (Fsp3) is 0.214. The van der Waals surface area contributed by atoms with Gasteiger partial charge in [-0.25, -0.2) is 4.98 Å². The average Bonchev–Trinajstić information content (AvgIpc) is 3.05. The molecule has 0 bridgehead atoms. The van der Waals surface area contributed by atoms with Crippen molar-refractivity contribution in [2.45, 2.75) is 6.04 Å². The molecule has 106 valence electrons. The fourth-order valence-electron chi connectivity index (χ4n) is 2.47. The summed E-state index contributed by atoms with van der Waals surface area (Å²) in [5, 5.41) is 4.26. The third-order valence-corrected chi connectivity index (χ3v) is 4.87. The second kappa shape index (κ2) is 4.92. The molecule has 3 heterocycles. The molecular weight excluding hydrogens is 352 g/mol. The van der Waals surface area contributed by atoms with Crippen molar-refractivity contribution in [2.24, 2.45) is 0 Å². The summed E-state index contributed by atoms with van der Waals surface area (Å²) in [6.07, 6.45) is 3.71. The van der Waals surface area contributed by atoms with Gasteiger partial charge in [-0.3, -0.25) is 9.48 Å². The van der Waals surface area contributed by atoms with Crippen LogP contribution in [0.5, 0.6) is 0 Å². The Bertz CT molecular complexity index is 821. The van der Waals surface area contributed by atoms with Crippen molar-refractivity contribution in [2.75, 3.05) is 13.1 Å². The van der Waals surface area contributed by atoms with Gasteiger partial charge in [-0.2, -0.15) is 5.10 Å². The number of halogens is 1. The Kier molecular flexibility index (Phi) is 3.04. The van der Waals surface area contributed by atoms with E-state index in [0.717, 1.165) is 20.3 Å². The number of benzene rings is 1. The van der Waals surface area contributed by atoms with Crippen LogP contribution in [0.4, 0.5) is 0 Å². The van der Waals surface area contributed by atoms with Gasteiger partial charge in [-0.1, -0.05) is 0 Å². The van der Waals surface area contributed by atoms with Crippen molar-refractivity contribution in [3.05, 3.63) is 46.1 Å². The van der Waals surface area contributed by atoms with Gasteiger partial charge in [0.15, 0.2) is 0 Å². The molecule has 1 aliphatic heterocycles. The minimum absolute atomic E-state index is 0.0766. The van der Waals surface area contributed by atoms with E-state index in [1.807, 2.05) is 34.0 Å². The van der Waals surface area contributed by atoms with Crippen LogP contribution in [0.3, 0.4) is 0 Å². The SMILES string of the molecule is O=C(c1ccc2ncsc2c1)N1CC(n2cc(Br)cn2)C1. The molecule has 1 saturated heterocycles. The van der Waals surface area contributed by atoms with Crippen molar-refractivity contribution in [1.82, 2.24) is 19.7 Å². The number of thiazole rings is 1. The highest BCUT2D eigenvalue weighted by atomic mass is 79.9. The summed E-state index contributed by atoms with van der Waals surface area (Å²) in [6.45, 7) is 1.40. The Morgan fingerprint density at radius 1 is 1.38 bits per heavy atom. The van der Waals surface area contributed by atoms with Gasteiger partial charge in [0.1, 0.15) is 0 Å². The standard InChI is InChI=1S/C14H11BrN4OS/c15-10-4-17-19(5-10)11-6-18(7-11)14(20)9-1-2-12-13(3-9)21-8-16-12/h1-5,8,11H,6-7H2. The van der Waals surface area contributed by atoms with Gasteiger partial charge in [-0.15, -0.1) is 11.3 Å². The molecule has 1 amide bonds. The van der Waals surface area contributed by atoms with E-state index in [0.29, 0.717) is 13.1 Å². The Hall–Kier alpha value is -1.73. The van der Waals surface area contributed by atoms with Crippen LogP contribution in [0, 0.1) is 0 Å². The van der Waals surface area contributed by atoms with Gasteiger partial charge in [0, 0.05) is 24.8 Å². The number of rotatable bonds is 2. The molecular formula is C14H11BrN4OS. The molecule has 21 heavy (non-hydrogen) atoms. The molecule has 7 heteroatoms. The molecule has 0 atom stereocenters. The predicted octanol–water partition coefficient (Wildman–Crippen LogP) is 2.95. The smallest absolute Gasteiger partial charge is 0.254 e. The van der Waals surface area contributed by atoms with Gasteiger partial charge in [0.2, 0.25) is 0 Å². The molecule has 2 aromatic heterocycles. The van der Waals surface area contributed by atoms with Crippen LogP contribution in [0.15, 0.2) is 40.6 Å². The number of likely N-dealkylation sites (tertiary alicyclic amines) is 1. The van der Waals surface area contributed by atoms with Gasteiger partial charge >= 0.3 is 0 Å². The first-order valence-corrected chi connectivity index (χ1v) is 8.20. The number of aromatic nitrogens is 3. The molecule has 1 aromatic carbocycles. The van der Waals surface area contributed by atoms with Crippen molar-refractivity contribution in [1.29, 1.82) is 0 Å². The quantitative estimate of drug-likeness (QED) is 0.704. The first-order chi connectivity index (χ1) is 10.2. The minimum Gasteiger partial charge on any atom is -0.334 e. The molecule has 5 nitrogen and oxygen atoms in total. The fourth-order valence-corrected chi connectivity index (χ4v) is 3.49. The first kappa shape index (κ1) is 13.0. The Balaban J connectivity index is 1.49. The monoisotopic (exact) mass is 362 g/mol. The lowest BCUT2D eigenvalue weighted by Crippen LogP contribution is -2.50. The largest absolute Gasteiger partial charge is 0.334 e. The Morgan fingerprint density at radius 3 is 3.00 bits per heavy atom. The van der Waals surface area contributed by atoms with Crippen molar-refractivity contribution < 1.29 is 4.79 Å². The summed E-state index contributed by atoms with van der Waals surface area (Å²) in [6, 6.07) is 5.95. The third kappa shape index (κ3) is 2.26. The van der Waals surface area contributed by atoms with E-state index in [9.17, 15) is 4.79 Å². The zero-order valence-electron chi connectivity index (χ0n) is 10.9. The van der Waals surface area contributed by atoms with E-state index in [4.69, 9.17) is 0 Å². The highest BCUT2D eigenvalue weighted by Gasteiger charge is 2.33. The minimum atomic E-state index is 0.0766. The number of nitrogens with zero attached hydrogens (tertiary/aromatic N) is 4. The van der Waals surface area contributed by atoms with Crippen molar-refractivity contribution in [3.8, 4) is 0 Å². The molecule has 0 aliphatic carbocycles. The maximum absolute atomic E-state index is 12.4. The van der Waals surface area contributed by atoms with Crippen LogP contribution >= 0.6 is 27.3 Å². The van der Waals surface area contributed by atoms with Crippen LogP contribution in [0.2, 0.25) is 0 Å². The molecule has 0 radical (unpaired) electrons. The Labute approximate surface area is 133 Å². The number of hydrogen-bond acceptors (Lipinski definition) is 4. The Morgan fingerprint density at radius 2 is 2.24 bits per heavy atom. The van der Waals surface area contributed by atoms with Gasteiger partial charge in [0.05, 0.1) is 32.4 Å². The summed E-state index contributed by atoms with van der Waals surface area (Å²) in [5.41, 5.74) is 3.47. The average molecular weight is 363 g/mol. The number of carbonyl (C=O) groups is 1. The van der Waals surface area contributed by atoms with Gasteiger partial charge in [-0.05, 0) is 34.1 Å². The molecule has 0 N–H and O–H groups in total. The van der Waals surface area contributed by atoms with E-state index in [1.165, 1.54) is 0 Å². The summed E-state index contributed by atoms with van der Waals surface area (Å²) < 4.78 is 3.91. The maximum Gasteiger partial charge on any atom is 0.254 e. The van der Waals surface area contributed by atoms with Gasteiger partial charge < -0.3 is 4.90 Å². The van der Waals surface area contributed by atoms with E-state index in [1.54, 1.807) is 23.0 Å². The molecule has 4 rings (SSSR count). The second-order valence-electron chi connectivity index (χ2n) is 5.04. The zero-order chi connectivity index (χ0) is 14.4. The van der Waals surface area contributed by atoms with Crippen LogP contribution in [-0.4, -0.2) is 38.7 Å². The molecule has 0 saturated carbocycles. The van der Waals surface area contributed by atoms with Crippen LogP contribution in [0.25, 0.3) is 10.2 Å². The molecule has 1 aliphatic rings. The highest BCUT2D eigenvalue weighted by molar-refractivity contribution is 9.10. The van der Waals surface area contributed by atoms with Crippen molar-refractivity contribution in [3.63, 3.8) is 0 Å². The number of carbonyl (C=O) groups excluding carboxylic acids is 1. The number of hydrogen-bond donors (Lipinski definition) is 0. The van der Waals surface area contributed by atoms with E-state index in [2.05, 4.69) is 26.0 Å². The van der Waals surface area contributed by atoms with E-state index in [-0.39, 0.29) is 11.9 Å². The lowest BCUT2D eigenvalue weighted by atomic mass is 10.1. The summed E-state index contributed by atoms with van der Waals surface area (Å²) in [5.74, 6) is 0.0766. The van der Waals surface area contributed by atoms with E-state index >= 15 is 0 Å². The number of fused-ring (bicyclic) bond motifs is 1. The van der Waals surface area contributed by atoms with Crippen LogP contribution in [0.1, 0.15) is 16.4 Å². The highest BCUT2D eigenvalue weighted by Crippen LogP contribution is 2.26. The molecule has 0 spiro atoms. The lowest BCUT2D eigenvalue weighted by molar-refractivity contribution is 0.0501. The summed E-state index contributed by atoms with van der Waals surface area (Å²) >= 11 is 4.94. The van der Waals surface area contributed by atoms with E-state index < -0.39 is 0 Å². The lowest BCUT2D eigenvalue weighted by Gasteiger charge is -2.39. The maximum atomic E-state index is 12.4. The zero-order valence-corrected chi connectivity index (χ0v) is 13.3. The third-order valence-electron chi connectivity index (χ3n) is 3.67. The van der Waals surface area contributed by atoms with Crippen LogP contribution in [-0.2, 0) is 0 Å². The summed E-state index contributed by atoms with van der Waals surface area (Å²) in [7, 11) is 0. The predicted molar refractivity (Wildman–Crippen MR) is 84.5 cm³/mol. The molecule has 3 aromatic rings. The second-order valence-corrected chi connectivity index (χ2v) is 6.84. The van der Waals surface area contributed by atoms with Gasteiger partial charge in [0.25, 0.3) is 5.91 Å². The molecule has 0 unspecified atom stereocenters. The van der Waals surface area contributed by atoms with Crippen molar-refractivity contribution >= 4 is 43.4 Å². The normalized spacial score (nSPS) is 15.4. The van der Waals surface area contributed by atoms with Crippen LogP contribution < -0.4 is 0 Å². The summed E-state index contributed by atoms with van der Waals surface area (Å²) in [4.78, 5) is 18.5. The topological polar surface area (TPSA) is 51.0 Å².